The first-order valence-corrected chi connectivity index (χ1v) is 7.17. The van der Waals surface area contributed by atoms with E-state index in [0.29, 0.717) is 6.04 Å². The van der Waals surface area contributed by atoms with Gasteiger partial charge in [-0.3, -0.25) is 0 Å². The molecule has 98 valence electrons. The maximum atomic E-state index is 12.7. The standard InChI is InChI=1S/C14H19FN2S/c1-3-16-14-13(8-12(9-15)18-14)10(2)17-11-6-4-5-7-11/h3,8,11,17H,1,4-7,9H2,2H3/b13-10+,16-14+. The first-order chi connectivity index (χ1) is 8.74. The van der Waals surface area contributed by atoms with Crippen LogP contribution in [0.25, 0.3) is 0 Å². The van der Waals surface area contributed by atoms with Crippen LogP contribution in [0.5, 0.6) is 0 Å². The van der Waals surface area contributed by atoms with Gasteiger partial charge in [0.1, 0.15) is 11.7 Å². The molecule has 1 heterocycles. The number of allylic oxidation sites excluding steroid dienone is 3. The fourth-order valence-electron chi connectivity index (χ4n) is 2.40. The van der Waals surface area contributed by atoms with Gasteiger partial charge in [0.25, 0.3) is 0 Å². The Morgan fingerprint density at radius 2 is 2.33 bits per heavy atom. The van der Waals surface area contributed by atoms with E-state index in [2.05, 4.69) is 16.9 Å². The highest BCUT2D eigenvalue weighted by Crippen LogP contribution is 2.33. The van der Waals surface area contributed by atoms with Crippen molar-refractivity contribution in [2.45, 2.75) is 38.6 Å². The zero-order valence-electron chi connectivity index (χ0n) is 10.7. The minimum absolute atomic E-state index is 0.430. The second-order valence-corrected chi connectivity index (χ2v) is 5.74. The van der Waals surface area contributed by atoms with Gasteiger partial charge in [0, 0.05) is 28.4 Å². The Kier molecular flexibility index (Phi) is 4.64. The minimum Gasteiger partial charge on any atom is -0.385 e. The first-order valence-electron chi connectivity index (χ1n) is 6.35. The molecule has 0 aromatic carbocycles. The van der Waals surface area contributed by atoms with Crippen molar-refractivity contribution in [1.82, 2.24) is 5.32 Å². The predicted octanol–water partition coefficient (Wildman–Crippen LogP) is 3.93. The van der Waals surface area contributed by atoms with Gasteiger partial charge in [-0.15, -0.1) is 0 Å². The van der Waals surface area contributed by atoms with Crippen molar-refractivity contribution < 1.29 is 4.39 Å². The van der Waals surface area contributed by atoms with E-state index in [-0.39, 0.29) is 0 Å². The molecule has 0 radical (unpaired) electrons. The summed E-state index contributed by atoms with van der Waals surface area (Å²) in [4.78, 5) is 4.95. The molecule has 4 heteroatoms. The van der Waals surface area contributed by atoms with E-state index >= 15 is 0 Å². The smallest absolute Gasteiger partial charge is 0.121 e. The van der Waals surface area contributed by atoms with Crippen LogP contribution < -0.4 is 5.32 Å². The molecule has 0 bridgehead atoms. The molecule has 1 saturated carbocycles. The zero-order chi connectivity index (χ0) is 13.0. The molecule has 0 saturated heterocycles. The average Bonchev–Trinajstić information content (AvgIpc) is 2.98. The third kappa shape index (κ3) is 3.05. The number of thioether (sulfide) groups is 1. The van der Waals surface area contributed by atoms with E-state index < -0.39 is 6.67 Å². The Hall–Kier alpha value is -1.03. The van der Waals surface area contributed by atoms with Crippen LogP contribution in [0.2, 0.25) is 0 Å². The summed E-state index contributed by atoms with van der Waals surface area (Å²) in [5.74, 6) is 0. The molecule has 2 aliphatic rings. The summed E-state index contributed by atoms with van der Waals surface area (Å²) in [6, 6.07) is 0.565. The molecule has 0 amide bonds. The molecule has 1 aliphatic carbocycles. The molecule has 0 spiro atoms. The summed E-state index contributed by atoms with van der Waals surface area (Å²) < 4.78 is 12.7. The normalized spacial score (nSPS) is 25.4. The average molecular weight is 266 g/mol. The van der Waals surface area contributed by atoms with Gasteiger partial charge < -0.3 is 5.32 Å². The highest BCUT2D eigenvalue weighted by molar-refractivity contribution is 8.18. The summed E-state index contributed by atoms with van der Waals surface area (Å²) in [6.07, 6.45) is 8.46. The number of rotatable bonds is 4. The molecule has 0 atom stereocenters. The molecule has 18 heavy (non-hydrogen) atoms. The second-order valence-electron chi connectivity index (χ2n) is 4.63. The first kappa shape index (κ1) is 13.4. The lowest BCUT2D eigenvalue weighted by molar-refractivity contribution is 0.557. The van der Waals surface area contributed by atoms with Crippen LogP contribution in [0.1, 0.15) is 32.6 Å². The minimum atomic E-state index is -0.430. The van der Waals surface area contributed by atoms with Gasteiger partial charge >= 0.3 is 0 Å². The molecule has 0 unspecified atom stereocenters. The molecule has 0 aromatic heterocycles. The van der Waals surface area contributed by atoms with Crippen LogP contribution in [-0.4, -0.2) is 17.8 Å². The van der Waals surface area contributed by atoms with Gasteiger partial charge in [-0.25, -0.2) is 9.38 Å². The third-order valence-electron chi connectivity index (χ3n) is 3.28. The summed E-state index contributed by atoms with van der Waals surface area (Å²) in [5, 5.41) is 4.39. The third-order valence-corrected chi connectivity index (χ3v) is 4.29. The van der Waals surface area contributed by atoms with Crippen LogP contribution in [0.15, 0.2) is 40.0 Å². The van der Waals surface area contributed by atoms with Gasteiger partial charge in [-0.1, -0.05) is 31.2 Å². The molecular formula is C14H19FN2S. The number of nitrogens with zero attached hydrogens (tertiary/aromatic N) is 1. The molecule has 1 fully saturated rings. The van der Waals surface area contributed by atoms with Crippen molar-refractivity contribution >= 4 is 16.8 Å². The molecule has 2 rings (SSSR count). The number of alkyl halides is 1. The second kappa shape index (κ2) is 6.23. The van der Waals surface area contributed by atoms with Gasteiger partial charge in [-0.05, 0) is 25.8 Å². The Bertz CT molecular complexity index is 418. The summed E-state index contributed by atoms with van der Waals surface area (Å²) >= 11 is 1.40. The van der Waals surface area contributed by atoms with Gasteiger partial charge in [0.2, 0.25) is 0 Å². The number of hydrogen-bond donors (Lipinski definition) is 1. The highest BCUT2D eigenvalue weighted by Gasteiger charge is 2.22. The fourth-order valence-corrected chi connectivity index (χ4v) is 3.33. The Balaban J connectivity index is 2.17. The monoisotopic (exact) mass is 266 g/mol. The van der Waals surface area contributed by atoms with Gasteiger partial charge in [0.05, 0.1) is 0 Å². The van der Waals surface area contributed by atoms with Crippen molar-refractivity contribution in [2.75, 3.05) is 6.67 Å². The summed E-state index contributed by atoms with van der Waals surface area (Å²) in [6.45, 7) is 5.23. The van der Waals surface area contributed by atoms with E-state index in [1.807, 2.05) is 13.0 Å². The Labute approximate surface area is 112 Å². The zero-order valence-corrected chi connectivity index (χ0v) is 11.5. The van der Waals surface area contributed by atoms with Gasteiger partial charge in [0.15, 0.2) is 0 Å². The predicted molar refractivity (Wildman–Crippen MR) is 77.4 cm³/mol. The molecule has 2 nitrogen and oxygen atoms in total. The molecule has 0 aromatic rings. The van der Waals surface area contributed by atoms with Crippen LogP contribution in [-0.2, 0) is 0 Å². The largest absolute Gasteiger partial charge is 0.385 e. The number of aliphatic imine (C=N–C) groups is 1. The summed E-state index contributed by atoms with van der Waals surface area (Å²) in [5.41, 5.74) is 2.11. The Morgan fingerprint density at radius 1 is 1.61 bits per heavy atom. The quantitative estimate of drug-likeness (QED) is 0.833. The lowest BCUT2D eigenvalue weighted by Gasteiger charge is -2.15. The lowest BCUT2D eigenvalue weighted by atomic mass is 10.1. The number of hydrogen-bond acceptors (Lipinski definition) is 3. The lowest BCUT2D eigenvalue weighted by Crippen LogP contribution is -2.25. The van der Waals surface area contributed by atoms with E-state index in [4.69, 9.17) is 0 Å². The van der Waals surface area contributed by atoms with Crippen molar-refractivity contribution in [3.63, 3.8) is 0 Å². The van der Waals surface area contributed by atoms with Crippen LogP contribution in [0, 0.1) is 0 Å². The highest BCUT2D eigenvalue weighted by atomic mass is 32.2. The summed E-state index contributed by atoms with van der Waals surface area (Å²) in [7, 11) is 0. The van der Waals surface area contributed by atoms with Crippen molar-refractivity contribution in [2.24, 2.45) is 4.99 Å². The van der Waals surface area contributed by atoms with Crippen LogP contribution in [0.3, 0.4) is 0 Å². The van der Waals surface area contributed by atoms with E-state index in [1.54, 1.807) is 0 Å². The van der Waals surface area contributed by atoms with Crippen LogP contribution in [0.4, 0.5) is 4.39 Å². The van der Waals surface area contributed by atoms with Crippen molar-refractivity contribution in [3.05, 3.63) is 35.0 Å². The Morgan fingerprint density at radius 3 is 2.94 bits per heavy atom. The van der Waals surface area contributed by atoms with E-state index in [9.17, 15) is 4.39 Å². The van der Waals surface area contributed by atoms with Gasteiger partial charge in [-0.2, -0.15) is 0 Å². The topological polar surface area (TPSA) is 24.4 Å². The molecule has 1 N–H and O–H groups in total. The molecular weight excluding hydrogens is 247 g/mol. The fraction of sp³-hybridized carbons (Fsp3) is 0.500. The van der Waals surface area contributed by atoms with E-state index in [0.717, 1.165) is 21.2 Å². The number of nitrogens with one attached hydrogen (secondary N) is 1. The SMILES string of the molecule is C=C/N=C1/SC(CF)=C/C1=C(/C)NC1CCCC1. The maximum Gasteiger partial charge on any atom is 0.121 e. The molecule has 1 aliphatic heterocycles. The van der Waals surface area contributed by atoms with Crippen molar-refractivity contribution in [1.29, 1.82) is 0 Å². The number of halogens is 1. The van der Waals surface area contributed by atoms with E-state index in [1.165, 1.54) is 43.6 Å². The maximum absolute atomic E-state index is 12.7. The van der Waals surface area contributed by atoms with Crippen molar-refractivity contribution in [3.8, 4) is 0 Å². The van der Waals surface area contributed by atoms with Crippen LogP contribution >= 0.6 is 11.8 Å².